The Morgan fingerprint density at radius 3 is 2.85 bits per heavy atom. The van der Waals surface area contributed by atoms with E-state index >= 15 is 0 Å². The number of nitrogens with zero attached hydrogens (tertiary/aromatic N) is 4. The van der Waals surface area contributed by atoms with Gasteiger partial charge in [0.25, 0.3) is 0 Å². The number of halogens is 1. The number of H-pyrrole nitrogens is 1. The predicted molar refractivity (Wildman–Crippen MR) is 125 cm³/mol. The molecule has 3 heterocycles. The summed E-state index contributed by atoms with van der Waals surface area (Å²) in [6.07, 6.45) is 2.99. The highest BCUT2D eigenvalue weighted by atomic mass is 32.2. The molecule has 0 spiro atoms. The van der Waals surface area contributed by atoms with E-state index in [-0.39, 0.29) is 17.6 Å². The number of fused-ring (bicyclic) bond motifs is 2. The van der Waals surface area contributed by atoms with Crippen LogP contribution in [-0.4, -0.2) is 33.7 Å². The second-order valence-electron chi connectivity index (χ2n) is 7.58. The Bertz CT molecular complexity index is 1510. The first-order valence-electron chi connectivity index (χ1n) is 10.2. The molecule has 166 valence electrons. The van der Waals surface area contributed by atoms with Gasteiger partial charge in [0.1, 0.15) is 17.7 Å². The van der Waals surface area contributed by atoms with Crippen LogP contribution >= 0.6 is 0 Å². The fourth-order valence-electron chi connectivity index (χ4n) is 3.87. The summed E-state index contributed by atoms with van der Waals surface area (Å²) >= 11 is -2.02. The maximum Gasteiger partial charge on any atom is 0.182 e. The highest BCUT2D eigenvalue weighted by Gasteiger charge is 2.20. The van der Waals surface area contributed by atoms with Gasteiger partial charge >= 0.3 is 0 Å². The molecule has 0 amide bonds. The van der Waals surface area contributed by atoms with Gasteiger partial charge in [-0.2, -0.15) is 0 Å². The minimum atomic E-state index is -2.02. The van der Waals surface area contributed by atoms with Gasteiger partial charge in [0.05, 0.1) is 29.3 Å². The first-order chi connectivity index (χ1) is 16.0. The molecule has 0 radical (unpaired) electrons. The van der Waals surface area contributed by atoms with Crippen molar-refractivity contribution in [1.29, 1.82) is 0 Å². The lowest BCUT2D eigenvalue weighted by Gasteiger charge is -2.20. The predicted octanol–water partition coefficient (Wildman–Crippen LogP) is 4.60. The SMILES string of the molecule is C[C@H](Nc1ncnc2nc[nH]c12)c1cc2ccc(F)cc2nc1-c1ccccc1CS(=O)O. The molecule has 1 unspecified atom stereocenters. The van der Waals surface area contributed by atoms with Gasteiger partial charge in [0.2, 0.25) is 0 Å². The highest BCUT2D eigenvalue weighted by molar-refractivity contribution is 7.78. The van der Waals surface area contributed by atoms with E-state index in [2.05, 4.69) is 25.3 Å². The Morgan fingerprint density at radius 2 is 2.00 bits per heavy atom. The van der Waals surface area contributed by atoms with E-state index in [1.807, 2.05) is 31.2 Å². The summed E-state index contributed by atoms with van der Waals surface area (Å²) < 4.78 is 35.0. The Balaban J connectivity index is 1.67. The van der Waals surface area contributed by atoms with Crippen LogP contribution < -0.4 is 5.32 Å². The third-order valence-corrected chi connectivity index (χ3v) is 5.96. The molecule has 0 saturated carbocycles. The molecule has 5 rings (SSSR count). The number of aromatic amines is 1. The van der Waals surface area contributed by atoms with Gasteiger partial charge in [-0.1, -0.05) is 24.3 Å². The zero-order valence-corrected chi connectivity index (χ0v) is 18.3. The molecule has 3 N–H and O–H groups in total. The molecule has 0 saturated heterocycles. The standard InChI is InChI=1S/C23H19FN6O2S/c1-13(29-23-21-22(26-11-25-21)27-12-28-23)18-8-14-6-7-16(24)9-19(14)30-20(18)17-5-3-2-4-15(17)10-33(31)32/h2-9,11-13H,10H2,1H3,(H,31,32)(H2,25,26,27,28,29)/t13-/m0/s1. The molecular weight excluding hydrogens is 443 g/mol. The summed E-state index contributed by atoms with van der Waals surface area (Å²) in [6.45, 7) is 1.97. The first-order valence-corrected chi connectivity index (χ1v) is 11.4. The molecule has 0 aliphatic carbocycles. The van der Waals surface area contributed by atoms with Gasteiger partial charge in [-0.25, -0.2) is 28.5 Å². The monoisotopic (exact) mass is 462 g/mol. The average Bonchev–Trinajstić information content (AvgIpc) is 3.28. The van der Waals surface area contributed by atoms with Crippen molar-refractivity contribution in [2.24, 2.45) is 0 Å². The van der Waals surface area contributed by atoms with Gasteiger partial charge in [-0.15, -0.1) is 0 Å². The van der Waals surface area contributed by atoms with Crippen molar-refractivity contribution in [3.63, 3.8) is 0 Å². The van der Waals surface area contributed by atoms with Gasteiger partial charge in [-0.05, 0) is 30.7 Å². The van der Waals surface area contributed by atoms with E-state index in [1.165, 1.54) is 18.5 Å². The van der Waals surface area contributed by atoms with Gasteiger partial charge in [-0.3, -0.25) is 0 Å². The smallest absolute Gasteiger partial charge is 0.182 e. The fourth-order valence-corrected chi connectivity index (χ4v) is 4.39. The minimum Gasteiger partial charge on any atom is -0.362 e. The number of pyridine rings is 1. The van der Waals surface area contributed by atoms with Crippen LogP contribution in [-0.2, 0) is 16.8 Å². The largest absolute Gasteiger partial charge is 0.362 e. The van der Waals surface area contributed by atoms with Crippen molar-refractivity contribution < 1.29 is 13.2 Å². The third kappa shape index (κ3) is 4.18. The van der Waals surface area contributed by atoms with Crippen molar-refractivity contribution in [1.82, 2.24) is 24.9 Å². The van der Waals surface area contributed by atoms with E-state index < -0.39 is 11.1 Å². The molecule has 0 aliphatic heterocycles. The normalized spacial score (nSPS) is 13.3. The van der Waals surface area contributed by atoms with E-state index in [9.17, 15) is 13.2 Å². The van der Waals surface area contributed by atoms with Crippen LogP contribution in [0.3, 0.4) is 0 Å². The summed E-state index contributed by atoms with van der Waals surface area (Å²) in [5.74, 6) is 0.160. The first kappa shape index (κ1) is 21.1. The van der Waals surface area contributed by atoms with Crippen LogP contribution in [0.5, 0.6) is 0 Å². The van der Waals surface area contributed by atoms with Crippen LogP contribution in [0.1, 0.15) is 24.1 Å². The van der Waals surface area contributed by atoms with E-state index in [1.54, 1.807) is 18.5 Å². The third-order valence-electron chi connectivity index (χ3n) is 5.40. The highest BCUT2D eigenvalue weighted by Crippen LogP contribution is 2.34. The number of aromatic nitrogens is 5. The summed E-state index contributed by atoms with van der Waals surface area (Å²) in [4.78, 5) is 20.5. The maximum atomic E-state index is 13.9. The molecule has 0 aliphatic rings. The second kappa shape index (κ2) is 8.64. The van der Waals surface area contributed by atoms with Gasteiger partial charge < -0.3 is 14.9 Å². The second-order valence-corrected chi connectivity index (χ2v) is 8.51. The van der Waals surface area contributed by atoms with Crippen molar-refractivity contribution >= 4 is 39.0 Å². The molecule has 0 fully saturated rings. The Morgan fingerprint density at radius 1 is 1.15 bits per heavy atom. The lowest BCUT2D eigenvalue weighted by atomic mass is 9.96. The number of rotatable bonds is 6. The van der Waals surface area contributed by atoms with Gasteiger partial charge in [0.15, 0.2) is 22.5 Å². The summed E-state index contributed by atoms with van der Waals surface area (Å²) in [5, 5.41) is 4.17. The summed E-state index contributed by atoms with van der Waals surface area (Å²) in [5.41, 5.74) is 4.54. The van der Waals surface area contributed by atoms with Crippen LogP contribution in [0.2, 0.25) is 0 Å². The number of benzene rings is 2. The van der Waals surface area contributed by atoms with Crippen molar-refractivity contribution in [2.45, 2.75) is 18.7 Å². The van der Waals surface area contributed by atoms with Crippen molar-refractivity contribution in [3.05, 3.63) is 78.1 Å². The lowest BCUT2D eigenvalue weighted by molar-refractivity contribution is 0.563. The minimum absolute atomic E-state index is 0.0407. The van der Waals surface area contributed by atoms with E-state index in [0.717, 1.165) is 10.9 Å². The quantitative estimate of drug-likeness (QED) is 0.316. The molecule has 10 heteroatoms. The molecule has 2 atom stereocenters. The molecule has 8 nitrogen and oxygen atoms in total. The number of anilines is 1. The van der Waals surface area contributed by atoms with Gasteiger partial charge in [0, 0.05) is 22.6 Å². The summed E-state index contributed by atoms with van der Waals surface area (Å²) in [7, 11) is 0. The Kier molecular flexibility index (Phi) is 5.53. The molecule has 3 aromatic heterocycles. The Hall–Kier alpha value is -3.76. The van der Waals surface area contributed by atoms with Crippen molar-refractivity contribution in [2.75, 3.05) is 5.32 Å². The molecule has 5 aromatic rings. The molecule has 0 bridgehead atoms. The number of hydrogen-bond donors (Lipinski definition) is 3. The molecular formula is C23H19FN6O2S. The zero-order chi connectivity index (χ0) is 22.9. The average molecular weight is 463 g/mol. The van der Waals surface area contributed by atoms with Crippen molar-refractivity contribution in [3.8, 4) is 11.3 Å². The Labute approximate surface area is 190 Å². The lowest BCUT2D eigenvalue weighted by Crippen LogP contribution is -2.11. The fraction of sp³-hybridized carbons (Fsp3) is 0.130. The molecule has 2 aromatic carbocycles. The zero-order valence-electron chi connectivity index (χ0n) is 17.5. The van der Waals surface area contributed by atoms with Crippen LogP contribution in [0.4, 0.5) is 10.2 Å². The topological polar surface area (TPSA) is 117 Å². The van der Waals surface area contributed by atoms with Crippen LogP contribution in [0.15, 0.2) is 61.2 Å². The van der Waals surface area contributed by atoms with E-state index in [0.29, 0.717) is 39.3 Å². The van der Waals surface area contributed by atoms with Crippen LogP contribution in [0.25, 0.3) is 33.3 Å². The van der Waals surface area contributed by atoms with Crippen LogP contribution in [0, 0.1) is 5.82 Å². The number of hydrogen-bond acceptors (Lipinski definition) is 6. The molecule has 33 heavy (non-hydrogen) atoms. The number of nitrogens with one attached hydrogen (secondary N) is 2. The maximum absolute atomic E-state index is 13.9. The van der Waals surface area contributed by atoms with E-state index in [4.69, 9.17) is 4.98 Å². The summed E-state index contributed by atoms with van der Waals surface area (Å²) in [6, 6.07) is 13.4. The number of imidazole rings is 1.